The number of benzene rings is 1. The Balaban J connectivity index is 1.92. The molecular weight excluding hydrogens is 406 g/mol. The SMILES string of the molecule is CCOC(=O)C[C@@H](C)[C@H](NC(=O)C[C@@H]1NC(=O)[C@H](Cc2ccccc2)NC1=O)C(=O)O. The molecule has 0 aliphatic carbocycles. The number of carbonyl (C=O) groups excluding carboxylic acids is 4. The van der Waals surface area contributed by atoms with Crippen LogP contribution in [0.4, 0.5) is 0 Å². The molecule has 1 heterocycles. The number of carboxylic acid groups (broad SMARTS) is 1. The summed E-state index contributed by atoms with van der Waals surface area (Å²) >= 11 is 0. The van der Waals surface area contributed by atoms with Crippen LogP contribution in [0, 0.1) is 5.92 Å². The fourth-order valence-electron chi connectivity index (χ4n) is 3.28. The van der Waals surface area contributed by atoms with Crippen LogP contribution in [0.5, 0.6) is 0 Å². The van der Waals surface area contributed by atoms with Crippen LogP contribution in [0.15, 0.2) is 30.3 Å². The van der Waals surface area contributed by atoms with E-state index in [0.717, 1.165) is 5.56 Å². The van der Waals surface area contributed by atoms with E-state index in [1.807, 2.05) is 30.3 Å². The fourth-order valence-corrected chi connectivity index (χ4v) is 3.28. The van der Waals surface area contributed by atoms with Gasteiger partial charge in [0.1, 0.15) is 18.1 Å². The summed E-state index contributed by atoms with van der Waals surface area (Å²) in [5.74, 6) is -4.30. The average molecular weight is 433 g/mol. The molecule has 4 N–H and O–H groups in total. The van der Waals surface area contributed by atoms with Crippen molar-refractivity contribution in [3.8, 4) is 0 Å². The molecule has 10 heteroatoms. The second-order valence-corrected chi connectivity index (χ2v) is 7.39. The van der Waals surface area contributed by atoms with Crippen LogP contribution in [0.1, 0.15) is 32.3 Å². The van der Waals surface area contributed by atoms with Gasteiger partial charge in [0.05, 0.1) is 19.4 Å². The third-order valence-electron chi connectivity index (χ3n) is 4.88. The minimum atomic E-state index is -1.34. The Morgan fingerprint density at radius 2 is 1.71 bits per heavy atom. The Morgan fingerprint density at radius 3 is 2.32 bits per heavy atom. The predicted molar refractivity (Wildman–Crippen MR) is 109 cm³/mol. The average Bonchev–Trinajstić information content (AvgIpc) is 2.70. The molecule has 2 rings (SSSR count). The smallest absolute Gasteiger partial charge is 0.326 e. The highest BCUT2D eigenvalue weighted by Crippen LogP contribution is 2.12. The lowest BCUT2D eigenvalue weighted by atomic mass is 9.97. The molecule has 0 unspecified atom stereocenters. The highest BCUT2D eigenvalue weighted by atomic mass is 16.5. The van der Waals surface area contributed by atoms with E-state index in [0.29, 0.717) is 6.42 Å². The molecule has 1 saturated heterocycles. The van der Waals surface area contributed by atoms with Gasteiger partial charge in [-0.25, -0.2) is 4.79 Å². The fraction of sp³-hybridized carbons (Fsp3) is 0.476. The molecule has 1 aliphatic heterocycles. The maximum Gasteiger partial charge on any atom is 0.326 e. The van der Waals surface area contributed by atoms with Gasteiger partial charge in [-0.1, -0.05) is 37.3 Å². The summed E-state index contributed by atoms with van der Waals surface area (Å²) in [4.78, 5) is 60.2. The van der Waals surface area contributed by atoms with E-state index in [9.17, 15) is 29.1 Å². The van der Waals surface area contributed by atoms with Crippen molar-refractivity contribution in [3.63, 3.8) is 0 Å². The minimum Gasteiger partial charge on any atom is -0.480 e. The van der Waals surface area contributed by atoms with Gasteiger partial charge in [-0.3, -0.25) is 19.2 Å². The van der Waals surface area contributed by atoms with Crippen LogP contribution in [0.25, 0.3) is 0 Å². The molecule has 1 aromatic carbocycles. The second-order valence-electron chi connectivity index (χ2n) is 7.39. The van der Waals surface area contributed by atoms with E-state index in [-0.39, 0.29) is 13.0 Å². The van der Waals surface area contributed by atoms with Crippen molar-refractivity contribution in [1.82, 2.24) is 16.0 Å². The molecule has 31 heavy (non-hydrogen) atoms. The molecule has 1 aliphatic rings. The lowest BCUT2D eigenvalue weighted by Gasteiger charge is -2.30. The van der Waals surface area contributed by atoms with Crippen LogP contribution < -0.4 is 16.0 Å². The number of carbonyl (C=O) groups is 5. The maximum atomic E-state index is 12.4. The number of carboxylic acids is 1. The molecule has 0 bridgehead atoms. The first-order valence-corrected chi connectivity index (χ1v) is 10.0. The number of hydrogen-bond donors (Lipinski definition) is 4. The zero-order chi connectivity index (χ0) is 23.0. The van der Waals surface area contributed by atoms with Gasteiger partial charge >= 0.3 is 11.9 Å². The van der Waals surface area contributed by atoms with Crippen LogP contribution >= 0.6 is 0 Å². The number of aliphatic carboxylic acids is 1. The highest BCUT2D eigenvalue weighted by molar-refractivity contribution is 5.99. The molecule has 0 aromatic heterocycles. The number of piperazine rings is 1. The van der Waals surface area contributed by atoms with Gasteiger partial charge in [-0.2, -0.15) is 0 Å². The van der Waals surface area contributed by atoms with E-state index in [2.05, 4.69) is 16.0 Å². The predicted octanol–water partition coefficient (Wildman–Crippen LogP) is -0.239. The van der Waals surface area contributed by atoms with Crippen LogP contribution in [-0.4, -0.2) is 59.5 Å². The van der Waals surface area contributed by atoms with E-state index in [1.165, 1.54) is 6.92 Å². The van der Waals surface area contributed by atoms with Crippen molar-refractivity contribution in [2.24, 2.45) is 5.92 Å². The number of amides is 3. The molecule has 0 saturated carbocycles. The molecule has 10 nitrogen and oxygen atoms in total. The molecule has 4 atom stereocenters. The number of esters is 1. The first kappa shape index (κ1) is 23.8. The number of rotatable bonds is 10. The van der Waals surface area contributed by atoms with E-state index < -0.39 is 60.1 Å². The molecule has 0 radical (unpaired) electrons. The lowest BCUT2D eigenvalue weighted by molar-refractivity contribution is -0.147. The summed E-state index contributed by atoms with van der Waals surface area (Å²) in [5, 5.41) is 16.8. The van der Waals surface area contributed by atoms with Crippen molar-refractivity contribution in [2.75, 3.05) is 6.61 Å². The minimum absolute atomic E-state index is 0.164. The zero-order valence-corrected chi connectivity index (χ0v) is 17.4. The molecule has 0 spiro atoms. The number of nitrogens with one attached hydrogen (secondary N) is 3. The van der Waals surface area contributed by atoms with Gasteiger partial charge in [0.2, 0.25) is 17.7 Å². The molecule has 1 aromatic rings. The van der Waals surface area contributed by atoms with Crippen LogP contribution in [-0.2, 0) is 35.1 Å². The van der Waals surface area contributed by atoms with Gasteiger partial charge in [-0.15, -0.1) is 0 Å². The third-order valence-corrected chi connectivity index (χ3v) is 4.88. The molecule has 1 fully saturated rings. The van der Waals surface area contributed by atoms with Crippen LogP contribution in [0.3, 0.4) is 0 Å². The van der Waals surface area contributed by atoms with Crippen molar-refractivity contribution in [2.45, 2.75) is 51.2 Å². The third kappa shape index (κ3) is 7.09. The van der Waals surface area contributed by atoms with E-state index >= 15 is 0 Å². The monoisotopic (exact) mass is 433 g/mol. The van der Waals surface area contributed by atoms with Crippen LogP contribution in [0.2, 0.25) is 0 Å². The summed E-state index contributed by atoms with van der Waals surface area (Å²) in [7, 11) is 0. The van der Waals surface area contributed by atoms with Gasteiger partial charge in [0, 0.05) is 6.42 Å². The highest BCUT2D eigenvalue weighted by Gasteiger charge is 2.36. The van der Waals surface area contributed by atoms with Gasteiger partial charge in [0.15, 0.2) is 0 Å². The summed E-state index contributed by atoms with van der Waals surface area (Å²) in [6.07, 6.45) is -0.303. The van der Waals surface area contributed by atoms with Crippen molar-refractivity contribution in [3.05, 3.63) is 35.9 Å². The molecule has 168 valence electrons. The lowest BCUT2D eigenvalue weighted by Crippen LogP contribution is -2.63. The van der Waals surface area contributed by atoms with Crippen molar-refractivity contribution < 1.29 is 33.8 Å². The van der Waals surface area contributed by atoms with E-state index in [1.54, 1.807) is 6.92 Å². The summed E-state index contributed by atoms with van der Waals surface area (Å²) in [6.45, 7) is 3.30. The summed E-state index contributed by atoms with van der Waals surface area (Å²) < 4.78 is 4.80. The summed E-state index contributed by atoms with van der Waals surface area (Å²) in [5.41, 5.74) is 0.874. The second kappa shape index (κ2) is 11.1. The van der Waals surface area contributed by atoms with E-state index in [4.69, 9.17) is 4.74 Å². The Labute approximate surface area is 179 Å². The Morgan fingerprint density at radius 1 is 1.10 bits per heavy atom. The van der Waals surface area contributed by atoms with Crippen molar-refractivity contribution in [1.29, 1.82) is 0 Å². The van der Waals surface area contributed by atoms with Gasteiger partial charge in [0.25, 0.3) is 0 Å². The maximum absolute atomic E-state index is 12.4. The first-order chi connectivity index (χ1) is 14.7. The van der Waals surface area contributed by atoms with Crippen molar-refractivity contribution >= 4 is 29.7 Å². The largest absolute Gasteiger partial charge is 0.480 e. The van der Waals surface area contributed by atoms with Gasteiger partial charge in [-0.05, 0) is 18.4 Å². The zero-order valence-electron chi connectivity index (χ0n) is 17.4. The Bertz CT molecular complexity index is 828. The van der Waals surface area contributed by atoms with Gasteiger partial charge < -0.3 is 25.8 Å². The number of hydrogen-bond acceptors (Lipinski definition) is 6. The molecular formula is C21H27N3O7. The normalized spacial score (nSPS) is 20.1. The Kier molecular flexibility index (Phi) is 8.53. The Hall–Kier alpha value is -3.43. The molecule has 3 amide bonds. The topological polar surface area (TPSA) is 151 Å². The standard InChI is InChI=1S/C21H27N3O7/c1-3-31-17(26)9-12(2)18(21(29)30)24-16(25)11-15-20(28)22-14(19(27)23-15)10-13-7-5-4-6-8-13/h4-8,12,14-15,18H,3,9-11H2,1-2H3,(H,22,28)(H,23,27)(H,24,25)(H,29,30)/t12-,14+,15+,18+/m1/s1. The first-order valence-electron chi connectivity index (χ1n) is 10.0. The number of ether oxygens (including phenoxy) is 1. The summed E-state index contributed by atoms with van der Waals surface area (Å²) in [6, 6.07) is 5.95. The quantitative estimate of drug-likeness (QED) is 0.372.